The summed E-state index contributed by atoms with van der Waals surface area (Å²) in [6.07, 6.45) is 2.35. The lowest BCUT2D eigenvalue weighted by atomic mass is 10.1. The SMILES string of the molecule is CCCCNCc1ccc(-c2ccc(C(=O)OC)cc2)o1. The average Bonchev–Trinajstić information content (AvgIpc) is 3.00. The lowest BCUT2D eigenvalue weighted by Crippen LogP contribution is -2.13. The van der Waals surface area contributed by atoms with Crippen molar-refractivity contribution in [2.75, 3.05) is 13.7 Å². The van der Waals surface area contributed by atoms with Gasteiger partial charge < -0.3 is 14.5 Å². The third-order valence-electron chi connectivity index (χ3n) is 3.26. The second-order valence-corrected chi connectivity index (χ2v) is 4.87. The molecule has 0 spiro atoms. The fourth-order valence-corrected chi connectivity index (χ4v) is 2.03. The minimum Gasteiger partial charge on any atom is -0.465 e. The molecule has 1 aromatic heterocycles. The van der Waals surface area contributed by atoms with Gasteiger partial charge in [-0.2, -0.15) is 0 Å². The maximum atomic E-state index is 11.4. The van der Waals surface area contributed by atoms with Crippen LogP contribution in [0, 0.1) is 0 Å². The molecule has 1 heterocycles. The van der Waals surface area contributed by atoms with E-state index in [0.29, 0.717) is 5.56 Å². The van der Waals surface area contributed by atoms with E-state index in [1.807, 2.05) is 24.3 Å². The summed E-state index contributed by atoms with van der Waals surface area (Å²) in [5.74, 6) is 1.39. The molecule has 0 fully saturated rings. The molecule has 2 aromatic rings. The molecular weight excluding hydrogens is 266 g/mol. The lowest BCUT2D eigenvalue weighted by Gasteiger charge is -2.02. The predicted octanol–water partition coefficient (Wildman–Crippen LogP) is 3.62. The minimum atomic E-state index is -0.332. The zero-order valence-electron chi connectivity index (χ0n) is 12.5. The Balaban J connectivity index is 1.99. The summed E-state index contributed by atoms with van der Waals surface area (Å²) in [6.45, 7) is 3.91. The van der Waals surface area contributed by atoms with Crippen LogP contribution in [0.1, 0.15) is 35.9 Å². The van der Waals surface area contributed by atoms with Crippen molar-refractivity contribution in [3.63, 3.8) is 0 Å². The Hall–Kier alpha value is -2.07. The topological polar surface area (TPSA) is 51.5 Å². The monoisotopic (exact) mass is 287 g/mol. The van der Waals surface area contributed by atoms with Gasteiger partial charge in [0.1, 0.15) is 11.5 Å². The van der Waals surface area contributed by atoms with Gasteiger partial charge in [0.25, 0.3) is 0 Å². The molecule has 0 amide bonds. The molecule has 0 bridgehead atoms. The van der Waals surface area contributed by atoms with E-state index in [0.717, 1.165) is 30.2 Å². The number of unbranched alkanes of at least 4 members (excludes halogenated alkanes) is 1. The second-order valence-electron chi connectivity index (χ2n) is 4.87. The highest BCUT2D eigenvalue weighted by atomic mass is 16.5. The van der Waals surface area contributed by atoms with Crippen LogP contribution in [-0.2, 0) is 11.3 Å². The molecule has 0 unspecified atom stereocenters. The third-order valence-corrected chi connectivity index (χ3v) is 3.26. The third kappa shape index (κ3) is 4.20. The van der Waals surface area contributed by atoms with E-state index in [2.05, 4.69) is 17.0 Å². The van der Waals surface area contributed by atoms with Gasteiger partial charge >= 0.3 is 5.97 Å². The van der Waals surface area contributed by atoms with Crippen LogP contribution in [-0.4, -0.2) is 19.6 Å². The van der Waals surface area contributed by atoms with Crippen LogP contribution in [0.2, 0.25) is 0 Å². The maximum Gasteiger partial charge on any atom is 0.337 e. The van der Waals surface area contributed by atoms with Crippen molar-refractivity contribution in [1.82, 2.24) is 5.32 Å². The van der Waals surface area contributed by atoms with Crippen molar-refractivity contribution < 1.29 is 13.9 Å². The quantitative estimate of drug-likeness (QED) is 0.624. The van der Waals surface area contributed by atoms with Crippen molar-refractivity contribution in [2.24, 2.45) is 0 Å². The Labute approximate surface area is 125 Å². The fraction of sp³-hybridized carbons (Fsp3) is 0.353. The second kappa shape index (κ2) is 7.64. The Kier molecular flexibility index (Phi) is 5.58. The molecule has 2 rings (SSSR count). The van der Waals surface area contributed by atoms with Gasteiger partial charge in [0.05, 0.1) is 19.2 Å². The van der Waals surface area contributed by atoms with E-state index in [-0.39, 0.29) is 5.97 Å². The first-order valence-corrected chi connectivity index (χ1v) is 7.22. The number of methoxy groups -OCH3 is 1. The highest BCUT2D eigenvalue weighted by molar-refractivity contribution is 5.89. The van der Waals surface area contributed by atoms with Gasteiger partial charge in [-0.25, -0.2) is 4.79 Å². The lowest BCUT2D eigenvalue weighted by molar-refractivity contribution is 0.0601. The predicted molar refractivity (Wildman–Crippen MR) is 82.1 cm³/mol. The van der Waals surface area contributed by atoms with Gasteiger partial charge in [-0.15, -0.1) is 0 Å². The van der Waals surface area contributed by atoms with Crippen LogP contribution in [0.4, 0.5) is 0 Å². The number of carbonyl (C=O) groups is 1. The Morgan fingerprint density at radius 2 is 1.95 bits per heavy atom. The van der Waals surface area contributed by atoms with Crippen molar-refractivity contribution in [3.8, 4) is 11.3 Å². The summed E-state index contributed by atoms with van der Waals surface area (Å²) < 4.78 is 10.5. The molecule has 0 aliphatic heterocycles. The van der Waals surface area contributed by atoms with Gasteiger partial charge in [0.15, 0.2) is 0 Å². The molecule has 4 nitrogen and oxygen atoms in total. The molecule has 0 atom stereocenters. The molecule has 0 saturated carbocycles. The van der Waals surface area contributed by atoms with Crippen LogP contribution >= 0.6 is 0 Å². The first-order chi connectivity index (χ1) is 10.2. The van der Waals surface area contributed by atoms with E-state index in [1.165, 1.54) is 20.0 Å². The first kappa shape index (κ1) is 15.3. The largest absolute Gasteiger partial charge is 0.465 e. The van der Waals surface area contributed by atoms with E-state index in [4.69, 9.17) is 4.42 Å². The normalized spacial score (nSPS) is 10.6. The number of esters is 1. The van der Waals surface area contributed by atoms with E-state index >= 15 is 0 Å². The number of rotatable bonds is 7. The molecule has 0 aliphatic rings. The number of furan rings is 1. The molecule has 0 aliphatic carbocycles. The van der Waals surface area contributed by atoms with Crippen molar-refractivity contribution >= 4 is 5.97 Å². The summed E-state index contributed by atoms with van der Waals surface area (Å²) in [5, 5.41) is 3.34. The average molecular weight is 287 g/mol. The molecule has 1 aromatic carbocycles. The van der Waals surface area contributed by atoms with Crippen molar-refractivity contribution in [2.45, 2.75) is 26.3 Å². The number of benzene rings is 1. The highest BCUT2D eigenvalue weighted by Gasteiger charge is 2.08. The first-order valence-electron chi connectivity index (χ1n) is 7.22. The van der Waals surface area contributed by atoms with Crippen LogP contribution < -0.4 is 5.32 Å². The van der Waals surface area contributed by atoms with Crippen molar-refractivity contribution in [1.29, 1.82) is 0 Å². The molecule has 21 heavy (non-hydrogen) atoms. The zero-order chi connectivity index (χ0) is 15.1. The highest BCUT2D eigenvalue weighted by Crippen LogP contribution is 2.22. The van der Waals surface area contributed by atoms with Crippen molar-refractivity contribution in [3.05, 3.63) is 47.7 Å². The van der Waals surface area contributed by atoms with E-state index < -0.39 is 0 Å². The van der Waals surface area contributed by atoms with E-state index in [9.17, 15) is 4.79 Å². The summed E-state index contributed by atoms with van der Waals surface area (Å²) in [5.41, 5.74) is 1.48. The zero-order valence-corrected chi connectivity index (χ0v) is 12.5. The fourth-order valence-electron chi connectivity index (χ4n) is 2.03. The van der Waals surface area contributed by atoms with Gasteiger partial charge in [0, 0.05) is 5.56 Å². The molecule has 1 N–H and O–H groups in total. The number of hydrogen-bond donors (Lipinski definition) is 1. The maximum absolute atomic E-state index is 11.4. The molecule has 4 heteroatoms. The summed E-state index contributed by atoms with van der Waals surface area (Å²) in [6, 6.07) is 11.1. The summed E-state index contributed by atoms with van der Waals surface area (Å²) in [7, 11) is 1.38. The Morgan fingerprint density at radius 3 is 2.62 bits per heavy atom. The number of carbonyl (C=O) groups excluding carboxylic acids is 1. The van der Waals surface area contributed by atoms with E-state index in [1.54, 1.807) is 12.1 Å². The molecular formula is C17H21NO3. The van der Waals surface area contributed by atoms with Gasteiger partial charge in [0.2, 0.25) is 0 Å². The van der Waals surface area contributed by atoms with Crippen LogP contribution in [0.15, 0.2) is 40.8 Å². The van der Waals surface area contributed by atoms with Crippen LogP contribution in [0.5, 0.6) is 0 Å². The number of ether oxygens (including phenoxy) is 1. The van der Waals surface area contributed by atoms with Gasteiger partial charge in [-0.05, 0) is 37.2 Å². The smallest absolute Gasteiger partial charge is 0.337 e. The molecule has 112 valence electrons. The summed E-state index contributed by atoms with van der Waals surface area (Å²) in [4.78, 5) is 11.4. The van der Waals surface area contributed by atoms with Crippen LogP contribution in [0.3, 0.4) is 0 Å². The Bertz CT molecular complexity index is 572. The molecule has 0 radical (unpaired) electrons. The number of hydrogen-bond acceptors (Lipinski definition) is 4. The van der Waals surface area contributed by atoms with Gasteiger partial charge in [-0.3, -0.25) is 0 Å². The van der Waals surface area contributed by atoms with Crippen LogP contribution in [0.25, 0.3) is 11.3 Å². The minimum absolute atomic E-state index is 0.332. The number of nitrogens with one attached hydrogen (secondary N) is 1. The summed E-state index contributed by atoms with van der Waals surface area (Å²) >= 11 is 0. The Morgan fingerprint density at radius 1 is 1.19 bits per heavy atom. The van der Waals surface area contributed by atoms with Gasteiger partial charge in [-0.1, -0.05) is 25.5 Å². The molecule has 0 saturated heterocycles. The standard InChI is InChI=1S/C17H21NO3/c1-3-4-11-18-12-15-9-10-16(21-15)13-5-7-14(8-6-13)17(19)20-2/h5-10,18H,3-4,11-12H2,1-2H3.